The number of nitrogens with one attached hydrogen (secondary N) is 4. The number of benzene rings is 2. The minimum atomic E-state index is -1.15. The van der Waals surface area contributed by atoms with Crippen LogP contribution in [0.4, 0.5) is 9.59 Å². The third-order valence-electron chi connectivity index (χ3n) is 7.99. The number of Topliss-reactive ketones (excluding diaryl/α,β-unsaturated/α-hetero) is 1. The van der Waals surface area contributed by atoms with Crippen molar-refractivity contribution in [2.24, 2.45) is 11.7 Å². The van der Waals surface area contributed by atoms with Gasteiger partial charge >= 0.3 is 24.3 Å². The number of urea groups is 1. The topological polar surface area (TPSA) is 231 Å². The van der Waals surface area contributed by atoms with E-state index in [1.54, 1.807) is 27.7 Å². The van der Waals surface area contributed by atoms with Crippen molar-refractivity contribution in [3.05, 3.63) is 65.2 Å². The van der Waals surface area contributed by atoms with Crippen molar-refractivity contribution in [2.45, 2.75) is 83.6 Å². The first-order valence-electron chi connectivity index (χ1n) is 16.5. The second-order valence-electron chi connectivity index (χ2n) is 12.5. The summed E-state index contributed by atoms with van der Waals surface area (Å²) in [5.74, 6) is -3.37. The lowest BCUT2D eigenvalue weighted by Gasteiger charge is -2.28. The number of hydrogen-bond donors (Lipinski definition) is 5. The van der Waals surface area contributed by atoms with Crippen molar-refractivity contribution >= 4 is 41.9 Å². The number of fused-ring (bicyclic) bond motifs is 3. The van der Waals surface area contributed by atoms with E-state index in [1.165, 1.54) is 0 Å². The van der Waals surface area contributed by atoms with Gasteiger partial charge in [0.05, 0.1) is 6.10 Å². The summed E-state index contributed by atoms with van der Waals surface area (Å²) >= 11 is 0. The van der Waals surface area contributed by atoms with Crippen LogP contribution in [0.3, 0.4) is 0 Å². The maximum absolute atomic E-state index is 13.6. The molecule has 0 aromatic heterocycles. The Hall–Kier alpha value is -5.56. The number of hydrogen-bond acceptors (Lipinski definition) is 8. The van der Waals surface area contributed by atoms with Gasteiger partial charge in [0, 0.05) is 18.9 Å². The number of amides is 5. The average Bonchev–Trinajstić information content (AvgIpc) is 3.39. The summed E-state index contributed by atoms with van der Waals surface area (Å²) in [4.78, 5) is 78.4. The lowest BCUT2D eigenvalue weighted by molar-refractivity contribution is -0.147. The van der Waals surface area contributed by atoms with Crippen LogP contribution < -0.4 is 27.0 Å². The first kappa shape index (κ1) is 38.9. The van der Waals surface area contributed by atoms with Crippen LogP contribution in [0.15, 0.2) is 48.5 Å². The highest BCUT2D eigenvalue weighted by Crippen LogP contribution is 2.47. The zero-order valence-corrected chi connectivity index (χ0v) is 28.6. The fourth-order valence-corrected chi connectivity index (χ4v) is 5.77. The van der Waals surface area contributed by atoms with Gasteiger partial charge in [-0.3, -0.25) is 19.2 Å². The molecule has 0 saturated heterocycles. The van der Waals surface area contributed by atoms with E-state index in [0.717, 1.165) is 28.5 Å². The molecule has 3 atom stereocenters. The molecule has 15 nitrogen and oxygen atoms in total. The van der Waals surface area contributed by atoms with E-state index < -0.39 is 72.3 Å². The van der Waals surface area contributed by atoms with Crippen LogP contribution in [-0.4, -0.2) is 84.1 Å². The van der Waals surface area contributed by atoms with Gasteiger partial charge in [-0.1, -0.05) is 62.4 Å². The van der Waals surface area contributed by atoms with E-state index in [9.17, 15) is 28.8 Å². The van der Waals surface area contributed by atoms with E-state index in [4.69, 9.17) is 20.7 Å². The molecule has 2 aromatic rings. The number of carbonyl (C=O) groups is 6. The van der Waals surface area contributed by atoms with Crippen molar-refractivity contribution < 1.29 is 43.0 Å². The zero-order valence-electron chi connectivity index (χ0n) is 28.6. The van der Waals surface area contributed by atoms with Gasteiger partial charge in [-0.15, -0.1) is 0 Å². The summed E-state index contributed by atoms with van der Waals surface area (Å²) in [7, 11) is 0. The average molecular weight is 692 g/mol. The Labute approximate surface area is 290 Å². The van der Waals surface area contributed by atoms with Gasteiger partial charge in [-0.25, -0.2) is 9.59 Å². The third kappa shape index (κ3) is 11.3. The summed E-state index contributed by atoms with van der Waals surface area (Å²) in [5.41, 5.74) is 17.7. The van der Waals surface area contributed by atoms with Crippen molar-refractivity contribution in [1.82, 2.24) is 21.3 Å². The Morgan fingerprint density at radius 2 is 1.48 bits per heavy atom. The SMILES string of the molecule is CC(C)OC(=O)CNC(=O)C(CCCNC(N)=O)NC(=O)C(NC(=O)OC(CCC(=O)C=[N+]=[N-])C1c2ccccc2-c2ccccc21)C(C)C. The Balaban J connectivity index is 1.79. The van der Waals surface area contributed by atoms with Crippen LogP contribution in [0, 0.1) is 5.92 Å². The number of rotatable bonds is 18. The molecule has 0 fully saturated rings. The van der Waals surface area contributed by atoms with Crippen LogP contribution in [0.25, 0.3) is 16.7 Å². The van der Waals surface area contributed by atoms with E-state index in [0.29, 0.717) is 0 Å². The fourth-order valence-electron chi connectivity index (χ4n) is 5.77. The number of carbonyl (C=O) groups excluding carboxylic acids is 6. The van der Waals surface area contributed by atoms with Crippen LogP contribution >= 0.6 is 0 Å². The predicted molar refractivity (Wildman–Crippen MR) is 183 cm³/mol. The second kappa shape index (κ2) is 18.8. The predicted octanol–water partition coefficient (Wildman–Crippen LogP) is 2.57. The molecule has 1 aliphatic rings. The fraction of sp³-hybridized carbons (Fsp3) is 0.457. The van der Waals surface area contributed by atoms with Crippen LogP contribution in [-0.2, 0) is 28.7 Å². The standard InChI is InChI=1S/C35H45N7O8/c1-20(2)31(33(46)41-27(14-9-17-38-34(36)47)32(45)39-19-29(44)49-21(3)4)42-35(48)50-28(16-15-22(43)18-40-37)30-25-12-7-5-10-23(25)24-11-6-8-13-26(24)30/h5-8,10-13,18,20-21,27-28,30-31H,9,14-17,19H2,1-4H3,(H,39,45)(H,41,46)(H,42,48)(H3,36,38,47). The molecule has 2 aromatic carbocycles. The molecular weight excluding hydrogens is 646 g/mol. The quantitative estimate of drug-likeness (QED) is 0.0511. The van der Waals surface area contributed by atoms with Gasteiger partial charge in [0.1, 0.15) is 24.7 Å². The first-order chi connectivity index (χ1) is 23.8. The molecule has 0 saturated carbocycles. The number of alkyl carbamates (subject to hydrolysis) is 1. The maximum atomic E-state index is 13.6. The highest BCUT2D eigenvalue weighted by Gasteiger charge is 2.38. The van der Waals surface area contributed by atoms with Gasteiger partial charge in [-0.05, 0) is 61.3 Å². The molecule has 0 radical (unpaired) electrons. The summed E-state index contributed by atoms with van der Waals surface area (Å²) in [6.45, 7) is 6.43. The molecule has 1 aliphatic carbocycles. The molecule has 0 heterocycles. The minimum Gasteiger partial charge on any atom is -0.462 e. The van der Waals surface area contributed by atoms with Crippen LogP contribution in [0.2, 0.25) is 0 Å². The third-order valence-corrected chi connectivity index (χ3v) is 7.99. The Bertz CT molecular complexity index is 1560. The van der Waals surface area contributed by atoms with Gasteiger partial charge in [-0.2, -0.15) is 4.79 Å². The van der Waals surface area contributed by atoms with E-state index in [-0.39, 0.29) is 38.3 Å². The lowest BCUT2D eigenvalue weighted by Crippen LogP contribution is -2.56. The van der Waals surface area contributed by atoms with Gasteiger partial charge in [0.15, 0.2) is 0 Å². The molecule has 3 rings (SSSR count). The molecule has 3 unspecified atom stereocenters. The summed E-state index contributed by atoms with van der Waals surface area (Å²) in [6.07, 6.45) is -1.04. The van der Waals surface area contributed by atoms with Crippen molar-refractivity contribution in [3.63, 3.8) is 0 Å². The normalized spacial score (nSPS) is 13.5. The Morgan fingerprint density at radius 1 is 0.860 bits per heavy atom. The highest BCUT2D eigenvalue weighted by molar-refractivity contribution is 6.25. The van der Waals surface area contributed by atoms with Crippen molar-refractivity contribution in [3.8, 4) is 11.1 Å². The van der Waals surface area contributed by atoms with Crippen LogP contribution in [0.1, 0.15) is 70.4 Å². The lowest BCUT2D eigenvalue weighted by atomic mass is 9.88. The van der Waals surface area contributed by atoms with E-state index in [1.807, 2.05) is 48.5 Å². The number of esters is 1. The van der Waals surface area contributed by atoms with Gasteiger partial charge in [0.2, 0.25) is 17.6 Å². The molecule has 0 aliphatic heterocycles. The highest BCUT2D eigenvalue weighted by atomic mass is 16.6. The number of nitrogens with two attached hydrogens (primary N) is 1. The summed E-state index contributed by atoms with van der Waals surface area (Å²) < 4.78 is 11.0. The maximum Gasteiger partial charge on any atom is 0.408 e. The summed E-state index contributed by atoms with van der Waals surface area (Å²) in [5, 5.41) is 10.1. The molecule has 0 bridgehead atoms. The number of nitrogens with zero attached hydrogens (tertiary/aromatic N) is 2. The molecule has 5 amide bonds. The summed E-state index contributed by atoms with van der Waals surface area (Å²) in [6, 6.07) is 12.3. The Kier molecular flexibility index (Phi) is 14.7. The van der Waals surface area contributed by atoms with Crippen molar-refractivity contribution in [1.29, 1.82) is 0 Å². The van der Waals surface area contributed by atoms with E-state index >= 15 is 0 Å². The zero-order chi connectivity index (χ0) is 36.8. The minimum absolute atomic E-state index is 0.0695. The second-order valence-corrected chi connectivity index (χ2v) is 12.5. The molecule has 0 spiro atoms. The number of ether oxygens (including phenoxy) is 2. The largest absolute Gasteiger partial charge is 0.462 e. The monoisotopic (exact) mass is 691 g/mol. The van der Waals surface area contributed by atoms with Gasteiger partial charge in [0.25, 0.3) is 0 Å². The Morgan fingerprint density at radius 3 is 2.04 bits per heavy atom. The smallest absolute Gasteiger partial charge is 0.408 e. The number of ketones is 1. The first-order valence-corrected chi connectivity index (χ1v) is 16.5. The molecular formula is C35H45N7O8. The molecule has 268 valence electrons. The van der Waals surface area contributed by atoms with Gasteiger partial charge < -0.3 is 42.0 Å². The van der Waals surface area contributed by atoms with E-state index in [2.05, 4.69) is 26.1 Å². The molecule has 15 heteroatoms. The van der Waals surface area contributed by atoms with Crippen molar-refractivity contribution in [2.75, 3.05) is 13.1 Å². The molecule has 50 heavy (non-hydrogen) atoms. The number of primary amides is 1. The molecule has 6 N–H and O–H groups in total. The van der Waals surface area contributed by atoms with Crippen LogP contribution in [0.5, 0.6) is 0 Å².